The van der Waals surface area contributed by atoms with E-state index in [1.54, 1.807) is 13.2 Å². The summed E-state index contributed by atoms with van der Waals surface area (Å²) in [4.78, 5) is 11.8. The zero-order chi connectivity index (χ0) is 13.6. The minimum atomic E-state index is -0.989. The van der Waals surface area contributed by atoms with Gasteiger partial charge >= 0.3 is 0 Å². The summed E-state index contributed by atoms with van der Waals surface area (Å²) in [5.74, 6) is -1.17. The Morgan fingerprint density at radius 2 is 2.00 bits per heavy atom. The Morgan fingerprint density at radius 3 is 2.35 bits per heavy atom. The average molecular weight is 263 g/mol. The highest BCUT2D eigenvalue weighted by Gasteiger charge is 2.26. The van der Waals surface area contributed by atoms with E-state index in [4.69, 9.17) is 10.9 Å². The summed E-state index contributed by atoms with van der Waals surface area (Å²) in [7, 11) is -0.989. The van der Waals surface area contributed by atoms with Gasteiger partial charge in [-0.25, -0.2) is 0 Å². The van der Waals surface area contributed by atoms with Crippen LogP contribution >= 0.6 is 0 Å². The number of nitrogens with zero attached hydrogens (tertiary/aromatic N) is 1. The van der Waals surface area contributed by atoms with Gasteiger partial charge in [0.05, 0.1) is 0 Å². The zero-order valence-corrected chi connectivity index (χ0v) is 11.5. The molecule has 0 heterocycles. The molecule has 0 rings (SSSR count). The summed E-state index contributed by atoms with van der Waals surface area (Å²) in [6.45, 7) is 5.71. The molecular weight excluding hydrogens is 242 g/mol. The summed E-state index contributed by atoms with van der Waals surface area (Å²) in [6.07, 6.45) is 1.58. The number of carbonyl (C=O) groups excluding carboxylic acids is 1. The number of nitrogens with one attached hydrogen (secondary N) is 1. The van der Waals surface area contributed by atoms with Crippen LogP contribution in [0.1, 0.15) is 20.8 Å². The SMILES string of the molecule is CC(C)C(C(=O)NCC(C)S(C)=O)C(N)=NO. The van der Waals surface area contributed by atoms with E-state index in [2.05, 4.69) is 10.5 Å². The van der Waals surface area contributed by atoms with Crippen molar-refractivity contribution in [2.24, 2.45) is 22.7 Å². The number of hydrogen-bond acceptors (Lipinski definition) is 4. The largest absolute Gasteiger partial charge is 0.409 e. The number of carbonyl (C=O) groups is 1. The minimum absolute atomic E-state index is 0.0756. The van der Waals surface area contributed by atoms with Crippen molar-refractivity contribution in [2.45, 2.75) is 26.0 Å². The van der Waals surface area contributed by atoms with Crippen molar-refractivity contribution in [3.63, 3.8) is 0 Å². The lowest BCUT2D eigenvalue weighted by Gasteiger charge is -2.19. The van der Waals surface area contributed by atoms with Gasteiger partial charge in [-0.1, -0.05) is 19.0 Å². The van der Waals surface area contributed by atoms with E-state index in [0.29, 0.717) is 6.54 Å². The second kappa shape index (κ2) is 7.26. The van der Waals surface area contributed by atoms with Crippen molar-refractivity contribution in [1.82, 2.24) is 5.32 Å². The van der Waals surface area contributed by atoms with Crippen molar-refractivity contribution in [3.05, 3.63) is 0 Å². The van der Waals surface area contributed by atoms with E-state index in [1.165, 1.54) is 0 Å². The summed E-state index contributed by atoms with van der Waals surface area (Å²) in [6, 6.07) is 0. The third kappa shape index (κ3) is 5.16. The van der Waals surface area contributed by atoms with E-state index >= 15 is 0 Å². The molecule has 0 saturated heterocycles. The third-order valence-electron chi connectivity index (χ3n) is 2.51. The van der Waals surface area contributed by atoms with Crippen LogP contribution < -0.4 is 11.1 Å². The Morgan fingerprint density at radius 1 is 1.47 bits per heavy atom. The van der Waals surface area contributed by atoms with Gasteiger partial charge in [0.2, 0.25) is 5.91 Å². The molecule has 17 heavy (non-hydrogen) atoms. The van der Waals surface area contributed by atoms with Crippen LogP contribution in [0.15, 0.2) is 5.16 Å². The second-order valence-electron chi connectivity index (χ2n) is 4.30. The maximum atomic E-state index is 11.8. The number of rotatable bonds is 6. The lowest BCUT2D eigenvalue weighted by atomic mass is 9.94. The van der Waals surface area contributed by atoms with Crippen LogP contribution in [0.5, 0.6) is 0 Å². The van der Waals surface area contributed by atoms with Crippen molar-refractivity contribution in [1.29, 1.82) is 0 Å². The van der Waals surface area contributed by atoms with E-state index in [-0.39, 0.29) is 22.9 Å². The molecule has 0 fully saturated rings. The molecule has 4 N–H and O–H groups in total. The molecule has 6 nitrogen and oxygen atoms in total. The normalized spacial score (nSPS) is 17.6. The highest BCUT2D eigenvalue weighted by molar-refractivity contribution is 7.84. The Labute approximate surface area is 104 Å². The first-order valence-corrected chi connectivity index (χ1v) is 7.00. The van der Waals surface area contributed by atoms with Crippen molar-refractivity contribution < 1.29 is 14.2 Å². The smallest absolute Gasteiger partial charge is 0.231 e. The maximum absolute atomic E-state index is 11.8. The maximum Gasteiger partial charge on any atom is 0.231 e. The van der Waals surface area contributed by atoms with Crippen LogP contribution in [0.3, 0.4) is 0 Å². The predicted molar refractivity (Wildman–Crippen MR) is 68.3 cm³/mol. The number of hydrogen-bond donors (Lipinski definition) is 3. The molecule has 0 aliphatic rings. The van der Waals surface area contributed by atoms with Crippen molar-refractivity contribution in [3.8, 4) is 0 Å². The number of amides is 1. The quantitative estimate of drug-likeness (QED) is 0.269. The predicted octanol–water partition coefficient (Wildman–Crippen LogP) is -0.112. The highest BCUT2D eigenvalue weighted by atomic mass is 32.2. The van der Waals surface area contributed by atoms with Crippen LogP contribution in [0.2, 0.25) is 0 Å². The van der Waals surface area contributed by atoms with Gasteiger partial charge in [0, 0.05) is 28.9 Å². The van der Waals surface area contributed by atoms with E-state index in [9.17, 15) is 9.00 Å². The first-order chi connectivity index (χ1) is 7.81. The molecule has 7 heteroatoms. The second-order valence-corrected chi connectivity index (χ2v) is 6.10. The summed E-state index contributed by atoms with van der Waals surface area (Å²) in [5.41, 5.74) is 5.46. The van der Waals surface area contributed by atoms with Crippen molar-refractivity contribution >= 4 is 22.5 Å². The Hall–Kier alpha value is -1.11. The topological polar surface area (TPSA) is 105 Å². The van der Waals surface area contributed by atoms with Gasteiger partial charge < -0.3 is 16.3 Å². The number of oxime groups is 1. The van der Waals surface area contributed by atoms with Gasteiger partial charge in [0.25, 0.3) is 0 Å². The van der Waals surface area contributed by atoms with E-state index in [0.717, 1.165) is 0 Å². The average Bonchev–Trinajstić information content (AvgIpc) is 2.24. The molecular formula is C10H21N3O3S. The fraction of sp³-hybridized carbons (Fsp3) is 0.800. The fourth-order valence-corrected chi connectivity index (χ4v) is 1.63. The van der Waals surface area contributed by atoms with Gasteiger partial charge in [0.15, 0.2) is 5.84 Å². The van der Waals surface area contributed by atoms with Crippen molar-refractivity contribution in [2.75, 3.05) is 12.8 Å². The standard InChI is InChI=1S/C10H21N3O3S/c1-6(2)8(9(11)13-15)10(14)12-5-7(3)17(4)16/h6-8,15H,5H2,1-4H3,(H2,11,13)(H,12,14). The molecule has 1 amide bonds. The molecule has 3 unspecified atom stereocenters. The first-order valence-electron chi connectivity index (χ1n) is 5.38. The Balaban J connectivity index is 4.51. The molecule has 0 aromatic rings. The molecule has 0 saturated carbocycles. The molecule has 3 atom stereocenters. The molecule has 0 radical (unpaired) electrons. The van der Waals surface area contributed by atoms with Crippen LogP contribution in [0, 0.1) is 11.8 Å². The lowest BCUT2D eigenvalue weighted by Crippen LogP contribution is -2.44. The van der Waals surface area contributed by atoms with Gasteiger partial charge in [-0.2, -0.15) is 0 Å². The summed E-state index contributed by atoms with van der Waals surface area (Å²) < 4.78 is 11.1. The van der Waals surface area contributed by atoms with E-state index < -0.39 is 16.7 Å². The van der Waals surface area contributed by atoms with E-state index in [1.807, 2.05) is 13.8 Å². The highest BCUT2D eigenvalue weighted by Crippen LogP contribution is 2.11. The number of amidine groups is 1. The Kier molecular flexibility index (Phi) is 6.79. The molecule has 100 valence electrons. The fourth-order valence-electron chi connectivity index (χ4n) is 1.31. The monoisotopic (exact) mass is 263 g/mol. The van der Waals surface area contributed by atoms with Gasteiger partial charge in [0.1, 0.15) is 5.92 Å². The summed E-state index contributed by atoms with van der Waals surface area (Å²) in [5, 5.41) is 14.0. The van der Waals surface area contributed by atoms with Gasteiger partial charge in [-0.05, 0) is 12.8 Å². The molecule has 0 aliphatic carbocycles. The molecule has 0 aromatic carbocycles. The van der Waals surface area contributed by atoms with Crippen LogP contribution in [0.25, 0.3) is 0 Å². The first kappa shape index (κ1) is 15.9. The van der Waals surface area contributed by atoms with Gasteiger partial charge in [-0.3, -0.25) is 9.00 Å². The Bertz CT molecular complexity index is 318. The lowest BCUT2D eigenvalue weighted by molar-refractivity contribution is -0.124. The van der Waals surface area contributed by atoms with Crippen LogP contribution in [0.4, 0.5) is 0 Å². The zero-order valence-electron chi connectivity index (χ0n) is 10.6. The van der Waals surface area contributed by atoms with Crippen LogP contribution in [-0.2, 0) is 15.6 Å². The molecule has 0 bridgehead atoms. The molecule has 0 aromatic heterocycles. The number of nitrogens with two attached hydrogens (primary N) is 1. The molecule has 0 aliphatic heterocycles. The summed E-state index contributed by atoms with van der Waals surface area (Å²) >= 11 is 0. The molecule has 0 spiro atoms. The van der Waals surface area contributed by atoms with Crippen LogP contribution in [-0.4, -0.2) is 39.2 Å². The third-order valence-corrected chi connectivity index (χ3v) is 3.81. The minimum Gasteiger partial charge on any atom is -0.409 e. The van der Waals surface area contributed by atoms with Gasteiger partial charge in [-0.15, -0.1) is 0 Å².